The Labute approximate surface area is 235 Å². The summed E-state index contributed by atoms with van der Waals surface area (Å²) in [7, 11) is 0. The average Bonchev–Trinajstić information content (AvgIpc) is 3.50. The van der Waals surface area contributed by atoms with Crippen molar-refractivity contribution in [3.05, 3.63) is 131 Å². The van der Waals surface area contributed by atoms with Gasteiger partial charge in [0.05, 0.1) is 0 Å². The van der Waals surface area contributed by atoms with E-state index in [0.29, 0.717) is 0 Å². The molecule has 0 amide bonds. The predicted molar refractivity (Wildman–Crippen MR) is 175 cm³/mol. The number of hydrogen-bond acceptors (Lipinski definition) is 0. The fraction of sp³-hybridized carbons (Fsp3) is 0.105. The van der Waals surface area contributed by atoms with Crippen LogP contribution in [0.2, 0.25) is 0 Å². The second-order valence-corrected chi connectivity index (χ2v) is 10.4. The Kier molecular flexibility index (Phi) is 6.09. The van der Waals surface area contributed by atoms with E-state index >= 15 is 0 Å². The Hall–Kier alpha value is -4.82. The molecule has 0 spiro atoms. The van der Waals surface area contributed by atoms with Gasteiger partial charge in [0.1, 0.15) is 0 Å². The number of benzene rings is 5. The maximum Gasteiger partial charge on any atom is 0.0497 e. The fourth-order valence-corrected chi connectivity index (χ4v) is 6.13. The van der Waals surface area contributed by atoms with Gasteiger partial charge in [-0.2, -0.15) is 0 Å². The van der Waals surface area contributed by atoms with Gasteiger partial charge in [0.25, 0.3) is 0 Å². The molecule has 194 valence electrons. The van der Waals surface area contributed by atoms with E-state index in [1.54, 1.807) is 0 Å². The maximum absolute atomic E-state index is 2.41. The summed E-state index contributed by atoms with van der Waals surface area (Å²) in [5.41, 5.74) is 10.0. The van der Waals surface area contributed by atoms with E-state index in [1.807, 2.05) is 0 Å². The number of fused-ring (bicyclic) bond motifs is 6. The van der Waals surface area contributed by atoms with Crippen LogP contribution in [-0.2, 0) is 13.1 Å². The summed E-state index contributed by atoms with van der Waals surface area (Å²) in [6.45, 7) is 6.36. The lowest BCUT2D eigenvalue weighted by Gasteiger charge is -2.03. The van der Waals surface area contributed by atoms with Crippen molar-refractivity contribution >= 4 is 67.9 Å². The van der Waals surface area contributed by atoms with Crippen LogP contribution >= 0.6 is 0 Å². The summed E-state index contributed by atoms with van der Waals surface area (Å²) >= 11 is 0. The summed E-state index contributed by atoms with van der Waals surface area (Å²) in [4.78, 5) is 0. The molecule has 0 unspecified atom stereocenters. The average molecular weight is 517 g/mol. The smallest absolute Gasteiger partial charge is 0.0497 e. The molecule has 2 heteroatoms. The lowest BCUT2D eigenvalue weighted by molar-refractivity contribution is 0.827. The second-order valence-electron chi connectivity index (χ2n) is 10.4. The predicted octanol–water partition coefficient (Wildman–Crippen LogP) is 10.3. The number of nitrogens with zero attached hydrogens (tertiary/aromatic N) is 2. The van der Waals surface area contributed by atoms with Gasteiger partial charge in [-0.05, 0) is 66.4 Å². The molecule has 0 saturated heterocycles. The van der Waals surface area contributed by atoms with Crippen LogP contribution in [0.3, 0.4) is 0 Å². The van der Waals surface area contributed by atoms with Crippen molar-refractivity contribution in [3.8, 4) is 0 Å². The number of hydrogen-bond donors (Lipinski definition) is 0. The Balaban J connectivity index is 1.12. The number of para-hydroxylation sites is 2. The molecule has 7 rings (SSSR count). The Morgan fingerprint density at radius 1 is 0.400 bits per heavy atom. The zero-order valence-corrected chi connectivity index (χ0v) is 23.0. The summed E-state index contributed by atoms with van der Waals surface area (Å²) in [6.07, 6.45) is 8.82. The Morgan fingerprint density at radius 3 is 1.45 bits per heavy atom. The Bertz CT molecular complexity index is 2060. The van der Waals surface area contributed by atoms with E-state index in [9.17, 15) is 0 Å². The highest BCUT2D eigenvalue weighted by molar-refractivity contribution is 6.09. The first-order chi connectivity index (χ1) is 19.7. The third-order valence-electron chi connectivity index (χ3n) is 8.10. The molecule has 5 aromatic carbocycles. The van der Waals surface area contributed by atoms with Gasteiger partial charge in [-0.15, -0.1) is 0 Å². The van der Waals surface area contributed by atoms with Gasteiger partial charge in [-0.1, -0.05) is 103 Å². The van der Waals surface area contributed by atoms with Gasteiger partial charge in [-0.3, -0.25) is 0 Å². The summed E-state index contributed by atoms with van der Waals surface area (Å²) < 4.78 is 4.80. The zero-order valence-electron chi connectivity index (χ0n) is 23.0. The molecule has 0 N–H and O–H groups in total. The standard InChI is InChI=1S/C38H32N2/c1-3-39-36-12-8-6-10-32(36)34-25-29(22-24-37(34)39)19-17-27-13-15-28(16-14-27)18-20-30-21-23-33-31-9-5-7-11-35(31)40(4-2)38(33)26-30/h5-26H,3-4H2,1-2H3/b19-17+,20-18+. The van der Waals surface area contributed by atoms with Crippen LogP contribution in [0.25, 0.3) is 67.9 Å². The fourth-order valence-electron chi connectivity index (χ4n) is 6.13. The molecule has 40 heavy (non-hydrogen) atoms. The summed E-state index contributed by atoms with van der Waals surface area (Å²) in [6, 6.07) is 39.7. The van der Waals surface area contributed by atoms with Gasteiger partial charge in [0.15, 0.2) is 0 Å². The Morgan fingerprint density at radius 2 is 0.825 bits per heavy atom. The molecule has 0 aliphatic rings. The molecule has 2 aromatic heterocycles. The lowest BCUT2D eigenvalue weighted by Crippen LogP contribution is -1.92. The van der Waals surface area contributed by atoms with Crippen LogP contribution in [-0.4, -0.2) is 9.13 Å². The van der Waals surface area contributed by atoms with Crippen LogP contribution in [0, 0.1) is 0 Å². The molecule has 2 heterocycles. The lowest BCUT2D eigenvalue weighted by atomic mass is 10.1. The topological polar surface area (TPSA) is 9.86 Å². The molecule has 0 aliphatic heterocycles. The molecular weight excluding hydrogens is 484 g/mol. The highest BCUT2D eigenvalue weighted by Gasteiger charge is 2.10. The molecule has 0 atom stereocenters. The number of rotatable bonds is 6. The van der Waals surface area contributed by atoms with E-state index in [4.69, 9.17) is 0 Å². The molecule has 0 bridgehead atoms. The van der Waals surface area contributed by atoms with Crippen molar-refractivity contribution in [1.82, 2.24) is 9.13 Å². The first-order valence-electron chi connectivity index (χ1n) is 14.2. The van der Waals surface area contributed by atoms with E-state index in [2.05, 4.69) is 156 Å². The van der Waals surface area contributed by atoms with E-state index in [-0.39, 0.29) is 0 Å². The van der Waals surface area contributed by atoms with Gasteiger partial charge < -0.3 is 9.13 Å². The van der Waals surface area contributed by atoms with Crippen molar-refractivity contribution in [2.24, 2.45) is 0 Å². The minimum atomic E-state index is 0.960. The van der Waals surface area contributed by atoms with Crippen molar-refractivity contribution in [2.45, 2.75) is 26.9 Å². The molecule has 7 aromatic rings. The SMILES string of the molecule is CCn1c2ccccc2c2cc(/C=C/c3ccc(/C=C/c4ccc5c6ccccc6n(CC)c5c4)cc3)ccc21. The van der Waals surface area contributed by atoms with E-state index < -0.39 is 0 Å². The number of aromatic nitrogens is 2. The largest absolute Gasteiger partial charge is 0.341 e. The third-order valence-corrected chi connectivity index (χ3v) is 8.10. The first kappa shape index (κ1) is 24.2. The molecular formula is C38H32N2. The van der Waals surface area contributed by atoms with E-state index in [1.165, 1.54) is 65.9 Å². The summed E-state index contributed by atoms with van der Waals surface area (Å²) in [5, 5.41) is 5.28. The van der Waals surface area contributed by atoms with Gasteiger partial charge >= 0.3 is 0 Å². The highest BCUT2D eigenvalue weighted by Crippen LogP contribution is 2.31. The molecule has 0 radical (unpaired) electrons. The first-order valence-corrected chi connectivity index (χ1v) is 14.2. The van der Waals surface area contributed by atoms with E-state index in [0.717, 1.165) is 13.1 Å². The van der Waals surface area contributed by atoms with Crippen LogP contribution in [0.5, 0.6) is 0 Å². The third kappa shape index (κ3) is 4.13. The molecule has 2 nitrogen and oxygen atoms in total. The minimum Gasteiger partial charge on any atom is -0.341 e. The van der Waals surface area contributed by atoms with Crippen LogP contribution in [0.1, 0.15) is 36.1 Å². The molecule has 0 aliphatic carbocycles. The van der Waals surface area contributed by atoms with Crippen molar-refractivity contribution in [1.29, 1.82) is 0 Å². The van der Waals surface area contributed by atoms with Crippen LogP contribution < -0.4 is 0 Å². The monoisotopic (exact) mass is 516 g/mol. The van der Waals surface area contributed by atoms with Gasteiger partial charge in [0, 0.05) is 56.7 Å². The zero-order chi connectivity index (χ0) is 27.1. The van der Waals surface area contributed by atoms with Crippen LogP contribution in [0.4, 0.5) is 0 Å². The normalized spacial score (nSPS) is 12.2. The maximum atomic E-state index is 2.41. The van der Waals surface area contributed by atoms with Gasteiger partial charge in [0.2, 0.25) is 0 Å². The number of aryl methyl sites for hydroxylation is 2. The van der Waals surface area contributed by atoms with Gasteiger partial charge in [-0.25, -0.2) is 0 Å². The highest BCUT2D eigenvalue weighted by atomic mass is 15.0. The second kappa shape index (κ2) is 10.1. The van der Waals surface area contributed by atoms with Crippen molar-refractivity contribution in [3.63, 3.8) is 0 Å². The molecule has 0 saturated carbocycles. The van der Waals surface area contributed by atoms with Crippen molar-refractivity contribution < 1.29 is 0 Å². The van der Waals surface area contributed by atoms with Crippen molar-refractivity contribution in [2.75, 3.05) is 0 Å². The quantitative estimate of drug-likeness (QED) is 0.195. The molecule has 0 fully saturated rings. The minimum absolute atomic E-state index is 0.960. The van der Waals surface area contributed by atoms with Crippen LogP contribution in [0.15, 0.2) is 109 Å². The summed E-state index contributed by atoms with van der Waals surface area (Å²) in [5.74, 6) is 0.